The zero-order valence-electron chi connectivity index (χ0n) is 15.8. The van der Waals surface area contributed by atoms with E-state index < -0.39 is 22.6 Å². The van der Waals surface area contributed by atoms with Gasteiger partial charge in [0, 0.05) is 34.5 Å². The van der Waals surface area contributed by atoms with Crippen LogP contribution in [-0.2, 0) is 0 Å². The van der Waals surface area contributed by atoms with Gasteiger partial charge in [-0.3, -0.25) is 19.7 Å². The molecular weight excluding hydrogens is 407 g/mol. The van der Waals surface area contributed by atoms with Crippen molar-refractivity contribution in [3.8, 4) is 5.75 Å². The summed E-state index contributed by atoms with van der Waals surface area (Å²) in [5.74, 6) is -1.79. The van der Waals surface area contributed by atoms with Crippen LogP contribution in [0, 0.1) is 15.9 Å². The van der Waals surface area contributed by atoms with Crippen molar-refractivity contribution in [2.45, 2.75) is 0 Å². The van der Waals surface area contributed by atoms with E-state index in [1.807, 2.05) is 0 Å². The first-order valence-corrected chi connectivity index (χ1v) is 8.81. The number of non-ortho nitro benzene ring substituents is 1. The summed E-state index contributed by atoms with van der Waals surface area (Å²) in [5.41, 5.74) is 2.81. The molecule has 9 nitrogen and oxygen atoms in total. The molecular formula is C21H15FN4O5. The standard InChI is InChI=1S/C21H15FN4O5/c22-16-6-4-13(5-7-16)20(28)24-17-3-1-2-14(10-17)21(29)25-23-12-15-11-18(26(30)31)8-9-19(15)27/h1-12,27H,(H,24,28)(H,25,29)/b23-12-. The minimum atomic E-state index is -0.624. The van der Waals surface area contributed by atoms with Crippen LogP contribution in [0.5, 0.6) is 5.75 Å². The molecule has 0 unspecified atom stereocenters. The molecule has 0 atom stereocenters. The van der Waals surface area contributed by atoms with Gasteiger partial charge in [-0.05, 0) is 48.5 Å². The average molecular weight is 422 g/mol. The Balaban J connectivity index is 1.67. The normalized spacial score (nSPS) is 10.6. The van der Waals surface area contributed by atoms with Crippen molar-refractivity contribution in [1.29, 1.82) is 0 Å². The number of benzene rings is 3. The molecule has 0 spiro atoms. The molecule has 156 valence electrons. The zero-order chi connectivity index (χ0) is 22.4. The largest absolute Gasteiger partial charge is 0.507 e. The van der Waals surface area contributed by atoms with Crippen molar-refractivity contribution in [1.82, 2.24) is 5.43 Å². The lowest BCUT2D eigenvalue weighted by molar-refractivity contribution is -0.384. The van der Waals surface area contributed by atoms with Gasteiger partial charge >= 0.3 is 0 Å². The smallest absolute Gasteiger partial charge is 0.271 e. The number of amides is 2. The molecule has 10 heteroatoms. The van der Waals surface area contributed by atoms with Gasteiger partial charge in [0.2, 0.25) is 0 Å². The molecule has 2 amide bonds. The fraction of sp³-hybridized carbons (Fsp3) is 0. The maximum Gasteiger partial charge on any atom is 0.271 e. The van der Waals surface area contributed by atoms with Crippen LogP contribution in [0.15, 0.2) is 71.8 Å². The van der Waals surface area contributed by atoms with Crippen molar-refractivity contribution >= 4 is 29.4 Å². The van der Waals surface area contributed by atoms with Crippen molar-refractivity contribution in [2.75, 3.05) is 5.32 Å². The number of halogens is 1. The van der Waals surface area contributed by atoms with Gasteiger partial charge in [-0.1, -0.05) is 6.07 Å². The number of phenolic OH excluding ortho intramolecular Hbond substituents is 1. The monoisotopic (exact) mass is 422 g/mol. The molecule has 0 aliphatic carbocycles. The lowest BCUT2D eigenvalue weighted by Gasteiger charge is -2.07. The number of phenols is 1. The summed E-state index contributed by atoms with van der Waals surface area (Å²) in [4.78, 5) is 34.7. The number of hydrogen-bond donors (Lipinski definition) is 3. The van der Waals surface area contributed by atoms with E-state index in [1.165, 1.54) is 24.3 Å². The molecule has 3 N–H and O–H groups in total. The highest BCUT2D eigenvalue weighted by molar-refractivity contribution is 6.05. The second-order valence-electron chi connectivity index (χ2n) is 6.24. The van der Waals surface area contributed by atoms with Crippen LogP contribution in [-0.4, -0.2) is 28.1 Å². The van der Waals surface area contributed by atoms with Gasteiger partial charge in [0.25, 0.3) is 17.5 Å². The van der Waals surface area contributed by atoms with Crippen molar-refractivity contribution < 1.29 is 24.0 Å². The van der Waals surface area contributed by atoms with Gasteiger partial charge in [-0.25, -0.2) is 9.82 Å². The topological polar surface area (TPSA) is 134 Å². The highest BCUT2D eigenvalue weighted by Crippen LogP contribution is 2.21. The van der Waals surface area contributed by atoms with Crippen LogP contribution in [0.2, 0.25) is 0 Å². The first-order valence-electron chi connectivity index (χ1n) is 8.81. The number of carbonyl (C=O) groups is 2. The van der Waals surface area contributed by atoms with Gasteiger partial charge in [0.1, 0.15) is 11.6 Å². The van der Waals surface area contributed by atoms with E-state index in [4.69, 9.17) is 0 Å². The summed E-state index contributed by atoms with van der Waals surface area (Å²) in [6.07, 6.45) is 1.07. The Hall–Kier alpha value is -4.60. The molecule has 0 bridgehead atoms. The highest BCUT2D eigenvalue weighted by Gasteiger charge is 2.11. The lowest BCUT2D eigenvalue weighted by atomic mass is 10.1. The van der Waals surface area contributed by atoms with E-state index >= 15 is 0 Å². The minimum absolute atomic E-state index is 0.0508. The first-order chi connectivity index (χ1) is 14.8. The van der Waals surface area contributed by atoms with Crippen molar-refractivity contribution in [3.63, 3.8) is 0 Å². The number of aromatic hydroxyl groups is 1. The molecule has 31 heavy (non-hydrogen) atoms. The molecule has 3 aromatic rings. The second kappa shape index (κ2) is 9.27. The molecule has 0 saturated carbocycles. The summed E-state index contributed by atoms with van der Waals surface area (Å²) < 4.78 is 13.0. The summed E-state index contributed by atoms with van der Waals surface area (Å²) in [6, 6.07) is 14.4. The number of rotatable bonds is 6. The second-order valence-corrected chi connectivity index (χ2v) is 6.24. The van der Waals surface area contributed by atoms with Gasteiger partial charge in [0.15, 0.2) is 0 Å². The number of nitrogens with zero attached hydrogens (tertiary/aromatic N) is 2. The van der Waals surface area contributed by atoms with Gasteiger partial charge < -0.3 is 10.4 Å². The average Bonchev–Trinajstić information content (AvgIpc) is 2.75. The maximum absolute atomic E-state index is 13.0. The number of nitro groups is 1. The Morgan fingerprint density at radius 2 is 1.74 bits per heavy atom. The zero-order valence-corrected chi connectivity index (χ0v) is 15.8. The number of hydrogen-bond acceptors (Lipinski definition) is 6. The van der Waals surface area contributed by atoms with E-state index in [9.17, 15) is 29.2 Å². The van der Waals surface area contributed by atoms with Crippen LogP contribution >= 0.6 is 0 Å². The molecule has 0 aliphatic heterocycles. The third-order valence-corrected chi connectivity index (χ3v) is 4.08. The van der Waals surface area contributed by atoms with E-state index in [2.05, 4.69) is 15.8 Å². The SMILES string of the molecule is O=C(N/N=C\c1cc([N+](=O)[O-])ccc1O)c1cccc(NC(=O)c2ccc(F)cc2)c1. The maximum atomic E-state index is 13.0. The van der Waals surface area contributed by atoms with Crippen LogP contribution < -0.4 is 10.7 Å². The molecule has 0 radical (unpaired) electrons. The van der Waals surface area contributed by atoms with E-state index in [1.54, 1.807) is 12.1 Å². The molecule has 0 saturated heterocycles. The van der Waals surface area contributed by atoms with Crippen LogP contribution in [0.3, 0.4) is 0 Å². The van der Waals surface area contributed by atoms with Gasteiger partial charge in [0.05, 0.1) is 11.1 Å². The molecule has 0 aliphatic rings. The van der Waals surface area contributed by atoms with Crippen molar-refractivity contribution in [2.24, 2.45) is 5.10 Å². The highest BCUT2D eigenvalue weighted by atomic mass is 19.1. The summed E-state index contributed by atoms with van der Waals surface area (Å²) in [6.45, 7) is 0. The van der Waals surface area contributed by atoms with E-state index in [0.717, 1.165) is 36.5 Å². The Bertz CT molecular complexity index is 1180. The quantitative estimate of drug-likeness (QED) is 0.318. The summed E-state index contributed by atoms with van der Waals surface area (Å²) in [5, 5.41) is 26.8. The van der Waals surface area contributed by atoms with Gasteiger partial charge in [-0.2, -0.15) is 5.10 Å². The fourth-order valence-corrected chi connectivity index (χ4v) is 2.53. The molecule has 0 heterocycles. The van der Waals surface area contributed by atoms with Crippen LogP contribution in [0.25, 0.3) is 0 Å². The summed E-state index contributed by atoms with van der Waals surface area (Å²) >= 11 is 0. The third-order valence-electron chi connectivity index (χ3n) is 4.08. The Labute approximate surface area is 175 Å². The Morgan fingerprint density at radius 1 is 1.00 bits per heavy atom. The van der Waals surface area contributed by atoms with Crippen LogP contribution in [0.1, 0.15) is 26.3 Å². The van der Waals surface area contributed by atoms with Gasteiger partial charge in [-0.15, -0.1) is 0 Å². The van der Waals surface area contributed by atoms with Crippen LogP contribution in [0.4, 0.5) is 15.8 Å². The molecule has 0 fully saturated rings. The van der Waals surface area contributed by atoms with E-state index in [0.29, 0.717) is 5.69 Å². The van der Waals surface area contributed by atoms with Crippen molar-refractivity contribution in [3.05, 3.63) is 99.4 Å². The fourth-order valence-electron chi connectivity index (χ4n) is 2.53. The third kappa shape index (κ3) is 5.48. The minimum Gasteiger partial charge on any atom is -0.507 e. The predicted molar refractivity (Wildman–Crippen MR) is 111 cm³/mol. The number of nitrogens with one attached hydrogen (secondary N) is 2. The number of anilines is 1. The molecule has 0 aromatic heterocycles. The Kier molecular flexibility index (Phi) is 6.31. The number of carbonyl (C=O) groups excluding carboxylic acids is 2. The first kappa shape index (κ1) is 21.1. The Morgan fingerprint density at radius 3 is 2.45 bits per heavy atom. The number of nitro benzene ring substituents is 1. The van der Waals surface area contributed by atoms with E-state index in [-0.39, 0.29) is 28.1 Å². The molecule has 3 rings (SSSR count). The number of hydrazone groups is 1. The molecule has 3 aromatic carbocycles. The predicted octanol–water partition coefficient (Wildman–Crippen LogP) is 3.46. The lowest BCUT2D eigenvalue weighted by Crippen LogP contribution is -2.18. The summed E-state index contributed by atoms with van der Waals surface area (Å²) in [7, 11) is 0.